The number of fused-ring (bicyclic) bond motifs is 2. The van der Waals surface area contributed by atoms with E-state index < -0.39 is 0 Å². The first-order valence-electron chi connectivity index (χ1n) is 7.41. The maximum atomic E-state index is 12.5. The van der Waals surface area contributed by atoms with E-state index in [0.29, 0.717) is 24.0 Å². The normalized spacial score (nSPS) is 38.7. The number of carbonyl (C=O) groups excluding carboxylic acids is 1. The summed E-state index contributed by atoms with van der Waals surface area (Å²) in [6.07, 6.45) is 12.3. The van der Waals surface area contributed by atoms with Crippen LogP contribution in [-0.2, 0) is 4.79 Å². The van der Waals surface area contributed by atoms with Crippen LogP contribution in [0.25, 0.3) is 0 Å². The van der Waals surface area contributed by atoms with Crippen molar-refractivity contribution in [3.63, 3.8) is 0 Å². The molecule has 0 aromatic carbocycles. The molecule has 0 spiro atoms. The highest BCUT2D eigenvalue weighted by Crippen LogP contribution is 2.30. The molecular formula is C15H24N2O. The molecule has 1 amide bonds. The van der Waals surface area contributed by atoms with Crippen LogP contribution >= 0.6 is 0 Å². The molecule has 18 heavy (non-hydrogen) atoms. The predicted molar refractivity (Wildman–Crippen MR) is 72.2 cm³/mol. The van der Waals surface area contributed by atoms with Gasteiger partial charge in [0.1, 0.15) is 0 Å². The summed E-state index contributed by atoms with van der Waals surface area (Å²) in [5.74, 6) is 0.623. The third-order valence-corrected chi connectivity index (χ3v) is 4.96. The average Bonchev–Trinajstić information content (AvgIpc) is 2.77. The summed E-state index contributed by atoms with van der Waals surface area (Å²) in [5, 5.41) is 3.64. The van der Waals surface area contributed by atoms with Crippen LogP contribution in [-0.4, -0.2) is 36.0 Å². The Morgan fingerprint density at radius 3 is 2.50 bits per heavy atom. The Hall–Kier alpha value is -0.830. The lowest BCUT2D eigenvalue weighted by molar-refractivity contribution is -0.137. The molecule has 2 aliphatic heterocycles. The molecule has 0 saturated carbocycles. The van der Waals surface area contributed by atoms with Gasteiger partial charge in [-0.25, -0.2) is 0 Å². The summed E-state index contributed by atoms with van der Waals surface area (Å²) in [4.78, 5) is 14.6. The Kier molecular flexibility index (Phi) is 3.42. The Morgan fingerprint density at radius 1 is 1.17 bits per heavy atom. The largest absolute Gasteiger partial charge is 0.342 e. The zero-order chi connectivity index (χ0) is 12.5. The smallest absolute Gasteiger partial charge is 0.225 e. The number of rotatable bonds is 2. The topological polar surface area (TPSA) is 32.3 Å². The van der Waals surface area contributed by atoms with Crippen LogP contribution in [0.3, 0.4) is 0 Å². The Balaban J connectivity index is 1.61. The van der Waals surface area contributed by atoms with Gasteiger partial charge < -0.3 is 10.2 Å². The average molecular weight is 248 g/mol. The van der Waals surface area contributed by atoms with Gasteiger partial charge >= 0.3 is 0 Å². The monoisotopic (exact) mass is 248 g/mol. The minimum atomic E-state index is 0.243. The molecule has 1 aliphatic carbocycles. The molecule has 1 N–H and O–H groups in total. The van der Waals surface area contributed by atoms with Crippen molar-refractivity contribution in [2.45, 2.75) is 63.1 Å². The highest BCUT2D eigenvalue weighted by molar-refractivity contribution is 5.79. The number of piperidine rings is 1. The summed E-state index contributed by atoms with van der Waals surface area (Å²) >= 11 is 0. The van der Waals surface area contributed by atoms with Gasteiger partial charge in [-0.2, -0.15) is 0 Å². The van der Waals surface area contributed by atoms with Crippen molar-refractivity contribution in [1.29, 1.82) is 0 Å². The zero-order valence-corrected chi connectivity index (χ0v) is 11.3. The highest BCUT2D eigenvalue weighted by Gasteiger charge is 2.37. The van der Waals surface area contributed by atoms with Crippen molar-refractivity contribution in [1.82, 2.24) is 10.2 Å². The third-order valence-electron chi connectivity index (χ3n) is 4.96. The molecule has 3 rings (SSSR count). The first kappa shape index (κ1) is 12.2. The summed E-state index contributed by atoms with van der Waals surface area (Å²) in [6, 6.07) is 1.80. The molecule has 3 atom stereocenters. The van der Waals surface area contributed by atoms with Gasteiger partial charge in [-0.3, -0.25) is 4.79 Å². The van der Waals surface area contributed by atoms with E-state index in [1.54, 1.807) is 0 Å². The van der Waals surface area contributed by atoms with Crippen LogP contribution in [0.1, 0.15) is 44.9 Å². The van der Waals surface area contributed by atoms with Crippen molar-refractivity contribution < 1.29 is 4.79 Å². The second-order valence-corrected chi connectivity index (χ2v) is 6.19. The lowest BCUT2D eigenvalue weighted by Gasteiger charge is -2.37. The van der Waals surface area contributed by atoms with E-state index in [1.165, 1.54) is 12.8 Å². The molecule has 3 heteroatoms. The first-order chi connectivity index (χ1) is 8.74. The third kappa shape index (κ3) is 2.33. The second-order valence-electron chi connectivity index (χ2n) is 6.19. The van der Waals surface area contributed by atoms with Gasteiger partial charge in [-0.1, -0.05) is 12.2 Å². The quantitative estimate of drug-likeness (QED) is 0.759. The van der Waals surface area contributed by atoms with Crippen LogP contribution in [0.5, 0.6) is 0 Å². The molecule has 3 unspecified atom stereocenters. The van der Waals surface area contributed by atoms with E-state index >= 15 is 0 Å². The van der Waals surface area contributed by atoms with E-state index in [-0.39, 0.29) is 5.92 Å². The molecule has 0 radical (unpaired) electrons. The minimum absolute atomic E-state index is 0.243. The van der Waals surface area contributed by atoms with Crippen molar-refractivity contribution in [3.05, 3.63) is 12.2 Å². The van der Waals surface area contributed by atoms with E-state index in [4.69, 9.17) is 0 Å². The summed E-state index contributed by atoms with van der Waals surface area (Å²) in [6.45, 7) is 0. The fraction of sp³-hybridized carbons (Fsp3) is 0.800. The summed E-state index contributed by atoms with van der Waals surface area (Å²) in [5.41, 5.74) is 0. The highest BCUT2D eigenvalue weighted by atomic mass is 16.2. The SMILES string of the molecule is CN(C(=O)C1CC=CCC1)C1CC2CCC(C1)N2. The van der Waals surface area contributed by atoms with Gasteiger partial charge in [0.05, 0.1) is 0 Å². The molecule has 2 bridgehead atoms. The maximum absolute atomic E-state index is 12.5. The summed E-state index contributed by atoms with van der Waals surface area (Å²) < 4.78 is 0. The van der Waals surface area contributed by atoms with Gasteiger partial charge in [0.15, 0.2) is 0 Å². The van der Waals surface area contributed by atoms with Gasteiger partial charge in [0.2, 0.25) is 5.91 Å². The fourth-order valence-corrected chi connectivity index (χ4v) is 3.83. The fourth-order valence-electron chi connectivity index (χ4n) is 3.83. The van der Waals surface area contributed by atoms with Crippen LogP contribution < -0.4 is 5.32 Å². The number of nitrogens with one attached hydrogen (secondary N) is 1. The van der Waals surface area contributed by atoms with Crippen LogP contribution in [0.15, 0.2) is 12.2 Å². The molecule has 2 fully saturated rings. The number of hydrogen-bond acceptors (Lipinski definition) is 2. The molecule has 3 aliphatic rings. The Bertz CT molecular complexity index is 340. The number of carbonyl (C=O) groups is 1. The van der Waals surface area contributed by atoms with E-state index in [9.17, 15) is 4.79 Å². The first-order valence-corrected chi connectivity index (χ1v) is 7.41. The van der Waals surface area contributed by atoms with Crippen LogP contribution in [0.4, 0.5) is 0 Å². The molecule has 100 valence electrons. The van der Waals surface area contributed by atoms with Gasteiger partial charge in [0, 0.05) is 31.1 Å². The molecular weight excluding hydrogens is 224 g/mol. The van der Waals surface area contributed by atoms with Crippen molar-refractivity contribution in [2.75, 3.05) is 7.05 Å². The Labute approximate surface area is 110 Å². The number of nitrogens with zero attached hydrogens (tertiary/aromatic N) is 1. The summed E-state index contributed by atoms with van der Waals surface area (Å²) in [7, 11) is 2.02. The van der Waals surface area contributed by atoms with Crippen molar-refractivity contribution >= 4 is 5.91 Å². The van der Waals surface area contributed by atoms with E-state index in [1.807, 2.05) is 7.05 Å². The number of hydrogen-bond donors (Lipinski definition) is 1. The molecule has 2 saturated heterocycles. The van der Waals surface area contributed by atoms with Gasteiger partial charge in [-0.15, -0.1) is 0 Å². The number of allylic oxidation sites excluding steroid dienone is 2. The van der Waals surface area contributed by atoms with Gasteiger partial charge in [-0.05, 0) is 44.9 Å². The minimum Gasteiger partial charge on any atom is -0.342 e. The maximum Gasteiger partial charge on any atom is 0.225 e. The Morgan fingerprint density at radius 2 is 1.89 bits per heavy atom. The molecule has 0 aromatic heterocycles. The van der Waals surface area contributed by atoms with Crippen molar-refractivity contribution in [3.8, 4) is 0 Å². The standard InChI is InChI=1S/C15H24N2O/c1-17(15(18)11-5-3-2-4-6-11)14-9-12-7-8-13(10-14)16-12/h2-3,11-14,16H,4-10H2,1H3. The van der Waals surface area contributed by atoms with Crippen LogP contribution in [0, 0.1) is 5.92 Å². The van der Waals surface area contributed by atoms with E-state index in [0.717, 1.165) is 32.1 Å². The lowest BCUT2D eigenvalue weighted by Crippen LogP contribution is -2.50. The predicted octanol–water partition coefficient (Wildman–Crippen LogP) is 2.08. The molecule has 0 aromatic rings. The molecule has 2 heterocycles. The van der Waals surface area contributed by atoms with Gasteiger partial charge in [0.25, 0.3) is 0 Å². The van der Waals surface area contributed by atoms with Crippen molar-refractivity contribution in [2.24, 2.45) is 5.92 Å². The second kappa shape index (κ2) is 5.04. The lowest BCUT2D eigenvalue weighted by atomic mass is 9.91. The zero-order valence-electron chi connectivity index (χ0n) is 11.3. The number of amides is 1. The van der Waals surface area contributed by atoms with Crippen LogP contribution in [0.2, 0.25) is 0 Å². The van der Waals surface area contributed by atoms with E-state index in [2.05, 4.69) is 22.4 Å². The molecule has 3 nitrogen and oxygen atoms in total.